The van der Waals surface area contributed by atoms with Crippen molar-refractivity contribution in [2.24, 2.45) is 0 Å². The molecule has 0 amide bonds. The summed E-state index contributed by atoms with van der Waals surface area (Å²) in [6.45, 7) is 4.88. The molecule has 0 aliphatic carbocycles. The van der Waals surface area contributed by atoms with Crippen molar-refractivity contribution in [3.8, 4) is 0 Å². The molecule has 1 aromatic rings. The van der Waals surface area contributed by atoms with Gasteiger partial charge >= 0.3 is 0 Å². The molecular formula is C13H18ClFN2. The van der Waals surface area contributed by atoms with Gasteiger partial charge in [0.2, 0.25) is 0 Å². The summed E-state index contributed by atoms with van der Waals surface area (Å²) >= 11 is 5.69. The zero-order chi connectivity index (χ0) is 12.4. The molecular weight excluding hydrogens is 239 g/mol. The highest BCUT2D eigenvalue weighted by Gasteiger charge is 2.22. The number of piperazine rings is 1. The minimum atomic E-state index is -0.167. The van der Waals surface area contributed by atoms with Crippen molar-refractivity contribution in [2.75, 3.05) is 31.6 Å². The largest absolute Gasteiger partial charge is 0.366 e. The second-order valence-electron chi connectivity index (χ2n) is 4.70. The molecule has 0 saturated carbocycles. The van der Waals surface area contributed by atoms with E-state index in [0.717, 1.165) is 25.2 Å². The number of nitrogens with zero attached hydrogens (tertiary/aromatic N) is 2. The van der Waals surface area contributed by atoms with E-state index in [1.807, 2.05) is 12.1 Å². The lowest BCUT2D eigenvalue weighted by Crippen LogP contribution is -2.50. The van der Waals surface area contributed by atoms with E-state index in [1.54, 1.807) is 0 Å². The highest BCUT2D eigenvalue weighted by atomic mass is 35.5. The second kappa shape index (κ2) is 5.23. The summed E-state index contributed by atoms with van der Waals surface area (Å²) in [4.78, 5) is 4.40. The summed E-state index contributed by atoms with van der Waals surface area (Å²) in [7, 11) is 2.11. The zero-order valence-corrected chi connectivity index (χ0v) is 11.0. The number of hydrogen-bond acceptors (Lipinski definition) is 2. The van der Waals surface area contributed by atoms with Crippen LogP contribution in [0.2, 0.25) is 0 Å². The molecule has 0 bridgehead atoms. The number of halogens is 2. The summed E-state index contributed by atoms with van der Waals surface area (Å²) in [5.74, 6) is 0.191. The topological polar surface area (TPSA) is 6.48 Å². The molecule has 0 N–H and O–H groups in total. The van der Waals surface area contributed by atoms with Crippen LogP contribution >= 0.6 is 11.6 Å². The smallest absolute Gasteiger partial charge is 0.146 e. The average molecular weight is 257 g/mol. The maximum absolute atomic E-state index is 13.9. The fourth-order valence-electron chi connectivity index (χ4n) is 2.16. The van der Waals surface area contributed by atoms with Crippen LogP contribution in [-0.4, -0.2) is 37.6 Å². The van der Waals surface area contributed by atoms with Crippen molar-refractivity contribution in [2.45, 2.75) is 18.8 Å². The van der Waals surface area contributed by atoms with Gasteiger partial charge in [0, 0.05) is 31.6 Å². The highest BCUT2D eigenvalue weighted by Crippen LogP contribution is 2.23. The summed E-state index contributed by atoms with van der Waals surface area (Å²) in [5, 5.41) is 0. The van der Waals surface area contributed by atoms with Gasteiger partial charge in [0.05, 0.1) is 5.69 Å². The van der Waals surface area contributed by atoms with Crippen molar-refractivity contribution in [1.29, 1.82) is 0 Å². The normalized spacial score (nSPS) is 21.9. The Kier molecular flexibility index (Phi) is 3.89. The number of benzene rings is 1. The second-order valence-corrected chi connectivity index (χ2v) is 4.96. The van der Waals surface area contributed by atoms with E-state index < -0.39 is 0 Å². The van der Waals surface area contributed by atoms with Gasteiger partial charge in [-0.25, -0.2) is 4.39 Å². The molecule has 0 aromatic heterocycles. The molecule has 1 aliphatic rings. The molecule has 17 heavy (non-hydrogen) atoms. The Morgan fingerprint density at radius 2 is 2.18 bits per heavy atom. The van der Waals surface area contributed by atoms with Crippen LogP contribution in [-0.2, 0) is 5.88 Å². The Hall–Kier alpha value is -0.800. The molecule has 1 heterocycles. The van der Waals surface area contributed by atoms with Gasteiger partial charge in [0.25, 0.3) is 0 Å². The van der Waals surface area contributed by atoms with Gasteiger partial charge in [0.1, 0.15) is 5.82 Å². The Balaban J connectivity index is 2.17. The molecule has 1 aromatic carbocycles. The molecule has 2 rings (SSSR count). The summed E-state index contributed by atoms with van der Waals surface area (Å²) < 4.78 is 13.9. The zero-order valence-electron chi connectivity index (χ0n) is 10.3. The van der Waals surface area contributed by atoms with Crippen LogP contribution in [0.25, 0.3) is 0 Å². The van der Waals surface area contributed by atoms with Crippen LogP contribution in [0.3, 0.4) is 0 Å². The van der Waals surface area contributed by atoms with Crippen molar-refractivity contribution < 1.29 is 4.39 Å². The van der Waals surface area contributed by atoms with Crippen LogP contribution in [0.5, 0.6) is 0 Å². The lowest BCUT2D eigenvalue weighted by Gasteiger charge is -2.39. The SMILES string of the molecule is CC1CN(c2ccc(CCl)cc2F)CCN1C. The molecule has 0 spiro atoms. The third-order valence-corrected chi connectivity index (χ3v) is 3.78. The van der Waals surface area contributed by atoms with Gasteiger partial charge in [-0.2, -0.15) is 0 Å². The molecule has 2 nitrogen and oxygen atoms in total. The molecule has 1 saturated heterocycles. The number of likely N-dealkylation sites (N-methyl/N-ethyl adjacent to an activating group) is 1. The predicted octanol–water partition coefficient (Wildman–Crippen LogP) is 2.70. The van der Waals surface area contributed by atoms with Gasteiger partial charge in [-0.05, 0) is 31.7 Å². The van der Waals surface area contributed by atoms with E-state index in [9.17, 15) is 4.39 Å². The number of rotatable bonds is 2. The van der Waals surface area contributed by atoms with Gasteiger partial charge < -0.3 is 9.80 Å². The fraction of sp³-hybridized carbons (Fsp3) is 0.538. The van der Waals surface area contributed by atoms with Crippen LogP contribution in [0.4, 0.5) is 10.1 Å². The van der Waals surface area contributed by atoms with E-state index in [2.05, 4.69) is 23.8 Å². The van der Waals surface area contributed by atoms with Crippen molar-refractivity contribution in [3.63, 3.8) is 0 Å². The lowest BCUT2D eigenvalue weighted by atomic mass is 10.1. The van der Waals surface area contributed by atoms with E-state index in [0.29, 0.717) is 17.6 Å². The molecule has 1 atom stereocenters. The first-order valence-electron chi connectivity index (χ1n) is 5.91. The summed E-state index contributed by atoms with van der Waals surface area (Å²) in [5.41, 5.74) is 1.52. The maximum Gasteiger partial charge on any atom is 0.146 e. The third-order valence-electron chi connectivity index (χ3n) is 3.47. The highest BCUT2D eigenvalue weighted by molar-refractivity contribution is 6.17. The lowest BCUT2D eigenvalue weighted by molar-refractivity contribution is 0.233. The molecule has 0 radical (unpaired) electrons. The summed E-state index contributed by atoms with van der Waals surface area (Å²) in [6, 6.07) is 5.72. The number of anilines is 1. The van der Waals surface area contributed by atoms with Crippen LogP contribution < -0.4 is 4.90 Å². The van der Waals surface area contributed by atoms with Gasteiger partial charge in [-0.3, -0.25) is 0 Å². The first-order valence-corrected chi connectivity index (χ1v) is 6.45. The minimum absolute atomic E-state index is 0.167. The minimum Gasteiger partial charge on any atom is -0.366 e. The van der Waals surface area contributed by atoms with Crippen LogP contribution in [0.1, 0.15) is 12.5 Å². The van der Waals surface area contributed by atoms with E-state index in [1.165, 1.54) is 6.07 Å². The van der Waals surface area contributed by atoms with Crippen molar-refractivity contribution >= 4 is 17.3 Å². The molecule has 94 valence electrons. The third kappa shape index (κ3) is 2.72. The van der Waals surface area contributed by atoms with Gasteiger partial charge in [-0.1, -0.05) is 6.07 Å². The fourth-order valence-corrected chi connectivity index (χ4v) is 2.32. The number of alkyl halides is 1. The van der Waals surface area contributed by atoms with E-state index in [-0.39, 0.29) is 5.82 Å². The molecule has 1 aliphatic heterocycles. The Labute approximate surface area is 107 Å². The van der Waals surface area contributed by atoms with Gasteiger partial charge in [0.15, 0.2) is 0 Å². The van der Waals surface area contributed by atoms with Crippen LogP contribution in [0.15, 0.2) is 18.2 Å². The molecule has 1 unspecified atom stereocenters. The predicted molar refractivity (Wildman–Crippen MR) is 70.3 cm³/mol. The van der Waals surface area contributed by atoms with Crippen LogP contribution in [0, 0.1) is 5.82 Å². The summed E-state index contributed by atoms with van der Waals surface area (Å²) in [6.07, 6.45) is 0. The quantitative estimate of drug-likeness (QED) is 0.751. The Bertz CT molecular complexity index is 397. The Morgan fingerprint density at radius 1 is 1.41 bits per heavy atom. The monoisotopic (exact) mass is 256 g/mol. The maximum atomic E-state index is 13.9. The van der Waals surface area contributed by atoms with Gasteiger partial charge in [-0.15, -0.1) is 11.6 Å². The standard InChI is InChI=1S/C13H18ClFN2/c1-10-9-17(6-5-16(10)2)13-4-3-11(8-14)7-12(13)15/h3-4,7,10H,5-6,8-9H2,1-2H3. The number of hydrogen-bond donors (Lipinski definition) is 0. The Morgan fingerprint density at radius 3 is 2.76 bits per heavy atom. The average Bonchev–Trinajstić information content (AvgIpc) is 2.32. The first-order chi connectivity index (χ1) is 8.11. The molecule has 1 fully saturated rings. The van der Waals surface area contributed by atoms with Crippen molar-refractivity contribution in [1.82, 2.24) is 4.90 Å². The molecule has 4 heteroatoms. The first kappa shape index (κ1) is 12.7. The van der Waals surface area contributed by atoms with E-state index in [4.69, 9.17) is 11.6 Å². The van der Waals surface area contributed by atoms with Crippen molar-refractivity contribution in [3.05, 3.63) is 29.6 Å². The van der Waals surface area contributed by atoms with E-state index >= 15 is 0 Å².